The minimum Gasteiger partial charge on any atom is -0.461 e. The van der Waals surface area contributed by atoms with Crippen LogP contribution >= 0.6 is 0 Å². The van der Waals surface area contributed by atoms with Gasteiger partial charge >= 0.3 is 11.6 Å². The van der Waals surface area contributed by atoms with Gasteiger partial charge in [-0.3, -0.25) is 4.79 Å². The van der Waals surface area contributed by atoms with Crippen LogP contribution < -0.4 is 5.63 Å². The molecule has 0 aliphatic rings. The maximum Gasteiger partial charge on any atom is 0.336 e. The van der Waals surface area contributed by atoms with E-state index < -0.39 is 5.63 Å². The number of carbonyl (C=O) groups excluding carboxylic acids is 1. The van der Waals surface area contributed by atoms with Gasteiger partial charge in [0.1, 0.15) is 12.2 Å². The lowest BCUT2D eigenvalue weighted by Gasteiger charge is -2.12. The van der Waals surface area contributed by atoms with E-state index in [4.69, 9.17) is 9.15 Å². The van der Waals surface area contributed by atoms with Crippen molar-refractivity contribution in [2.75, 3.05) is 0 Å². The van der Waals surface area contributed by atoms with Crippen LogP contribution in [0.3, 0.4) is 0 Å². The third kappa shape index (κ3) is 4.20. The summed E-state index contributed by atoms with van der Waals surface area (Å²) < 4.78 is 10.7. The normalized spacial score (nSPS) is 12.1. The van der Waals surface area contributed by atoms with E-state index in [9.17, 15) is 9.59 Å². The van der Waals surface area contributed by atoms with E-state index in [-0.39, 0.29) is 18.5 Å². The van der Waals surface area contributed by atoms with Crippen LogP contribution in [0.1, 0.15) is 42.9 Å². The zero-order valence-corrected chi connectivity index (χ0v) is 15.0. The molecule has 0 aliphatic heterocycles. The Balaban J connectivity index is 1.71. The number of hydrogen-bond acceptors (Lipinski definition) is 4. The minimum absolute atomic E-state index is 0.0634. The van der Waals surface area contributed by atoms with Crippen LogP contribution in [-0.4, -0.2) is 5.97 Å². The van der Waals surface area contributed by atoms with E-state index in [1.54, 1.807) is 0 Å². The largest absolute Gasteiger partial charge is 0.461 e. The Morgan fingerprint density at radius 2 is 1.88 bits per heavy atom. The fourth-order valence-corrected chi connectivity index (χ4v) is 2.98. The van der Waals surface area contributed by atoms with Gasteiger partial charge in [-0.05, 0) is 29.5 Å². The Hall–Kier alpha value is -2.88. The number of fused-ring (bicyclic) bond motifs is 1. The van der Waals surface area contributed by atoms with Crippen LogP contribution in [0.2, 0.25) is 0 Å². The predicted molar refractivity (Wildman–Crippen MR) is 101 cm³/mol. The maximum atomic E-state index is 12.2. The van der Waals surface area contributed by atoms with Gasteiger partial charge in [-0.25, -0.2) is 4.79 Å². The highest BCUT2D eigenvalue weighted by Gasteiger charge is 2.14. The molecule has 1 atom stereocenters. The highest BCUT2D eigenvalue weighted by Crippen LogP contribution is 2.22. The van der Waals surface area contributed by atoms with Gasteiger partial charge in [0.25, 0.3) is 0 Å². The van der Waals surface area contributed by atoms with Gasteiger partial charge in [-0.1, -0.05) is 56.3 Å². The van der Waals surface area contributed by atoms with Crippen LogP contribution in [0, 0.1) is 0 Å². The minimum atomic E-state index is -0.436. The molecule has 3 rings (SSSR count). The van der Waals surface area contributed by atoms with Crippen molar-refractivity contribution >= 4 is 16.9 Å². The second-order valence-electron chi connectivity index (χ2n) is 6.45. The van der Waals surface area contributed by atoms with Gasteiger partial charge in [0, 0.05) is 17.0 Å². The fraction of sp³-hybridized carbons (Fsp3) is 0.273. The monoisotopic (exact) mass is 350 g/mol. The average molecular weight is 350 g/mol. The van der Waals surface area contributed by atoms with Crippen molar-refractivity contribution in [3.05, 3.63) is 81.7 Å². The summed E-state index contributed by atoms with van der Waals surface area (Å²) in [6, 6.07) is 17.0. The Morgan fingerprint density at radius 3 is 2.62 bits per heavy atom. The number of ether oxygens (including phenoxy) is 1. The fourth-order valence-electron chi connectivity index (χ4n) is 2.98. The molecule has 0 bridgehead atoms. The molecule has 1 heterocycles. The van der Waals surface area contributed by atoms with Crippen molar-refractivity contribution in [2.24, 2.45) is 0 Å². The zero-order chi connectivity index (χ0) is 18.5. The number of benzene rings is 2. The molecule has 134 valence electrons. The molecule has 0 radical (unpaired) electrons. The van der Waals surface area contributed by atoms with Crippen LogP contribution in [0.25, 0.3) is 11.0 Å². The zero-order valence-electron chi connectivity index (χ0n) is 15.0. The van der Waals surface area contributed by atoms with Crippen molar-refractivity contribution in [2.45, 2.75) is 39.2 Å². The van der Waals surface area contributed by atoms with Crippen LogP contribution in [0.5, 0.6) is 0 Å². The smallest absolute Gasteiger partial charge is 0.336 e. The van der Waals surface area contributed by atoms with E-state index in [0.29, 0.717) is 17.6 Å². The standard InChI is InChI=1S/C22H22O4/c1-3-16-9-10-19-18(13-22(24)26-20(19)12-16)14-25-21(23)11-15(2)17-7-5-4-6-8-17/h4-10,12-13,15H,3,11,14H2,1-2H3/t15-/m0/s1. The Kier molecular flexibility index (Phi) is 5.52. The van der Waals surface area contributed by atoms with E-state index in [1.165, 1.54) is 6.07 Å². The van der Waals surface area contributed by atoms with E-state index in [0.717, 1.165) is 22.9 Å². The Labute approximate surface area is 152 Å². The van der Waals surface area contributed by atoms with Gasteiger partial charge in [0.05, 0.1) is 6.42 Å². The summed E-state index contributed by atoms with van der Waals surface area (Å²) in [5.74, 6) is -0.207. The maximum absolute atomic E-state index is 12.2. The summed E-state index contributed by atoms with van der Waals surface area (Å²) in [5.41, 5.74) is 2.95. The molecule has 1 aromatic heterocycles. The molecule has 0 saturated carbocycles. The van der Waals surface area contributed by atoms with Crippen molar-refractivity contribution in [1.82, 2.24) is 0 Å². The van der Waals surface area contributed by atoms with E-state index >= 15 is 0 Å². The summed E-state index contributed by atoms with van der Waals surface area (Å²) >= 11 is 0. The summed E-state index contributed by atoms with van der Waals surface area (Å²) in [5, 5.41) is 0.797. The summed E-state index contributed by atoms with van der Waals surface area (Å²) in [6.45, 7) is 4.10. The number of hydrogen-bond donors (Lipinski definition) is 0. The molecular formula is C22H22O4. The lowest BCUT2D eigenvalue weighted by atomic mass is 9.98. The number of aryl methyl sites for hydroxylation is 1. The summed E-state index contributed by atoms with van der Waals surface area (Å²) in [6.07, 6.45) is 1.15. The average Bonchev–Trinajstić information content (AvgIpc) is 2.66. The van der Waals surface area contributed by atoms with Crippen molar-refractivity contribution < 1.29 is 13.9 Å². The lowest BCUT2D eigenvalue weighted by molar-refractivity contribution is -0.145. The highest BCUT2D eigenvalue weighted by molar-refractivity contribution is 5.81. The van der Waals surface area contributed by atoms with Crippen LogP contribution in [0.4, 0.5) is 0 Å². The van der Waals surface area contributed by atoms with Crippen LogP contribution in [0.15, 0.2) is 63.8 Å². The second kappa shape index (κ2) is 8.00. The third-order valence-electron chi connectivity index (χ3n) is 4.53. The topological polar surface area (TPSA) is 56.5 Å². The molecule has 0 spiro atoms. The first kappa shape index (κ1) is 17.9. The molecule has 0 fully saturated rings. The number of carbonyl (C=O) groups is 1. The SMILES string of the molecule is CCc1ccc2c(COC(=O)C[C@H](C)c3ccccc3)cc(=O)oc2c1. The summed E-state index contributed by atoms with van der Waals surface area (Å²) in [7, 11) is 0. The molecular weight excluding hydrogens is 328 g/mol. The predicted octanol–water partition coefficient (Wildman–Crippen LogP) is 4.59. The third-order valence-corrected chi connectivity index (χ3v) is 4.53. The molecule has 0 saturated heterocycles. The molecule has 4 nitrogen and oxygen atoms in total. The molecule has 3 aromatic rings. The van der Waals surface area contributed by atoms with Crippen molar-refractivity contribution in [3.8, 4) is 0 Å². The van der Waals surface area contributed by atoms with Gasteiger partial charge in [-0.15, -0.1) is 0 Å². The first-order valence-electron chi connectivity index (χ1n) is 8.83. The first-order valence-corrected chi connectivity index (χ1v) is 8.83. The van der Waals surface area contributed by atoms with Gasteiger partial charge in [0.15, 0.2) is 0 Å². The van der Waals surface area contributed by atoms with Crippen molar-refractivity contribution in [1.29, 1.82) is 0 Å². The highest BCUT2D eigenvalue weighted by atomic mass is 16.5. The van der Waals surface area contributed by atoms with E-state index in [2.05, 4.69) is 0 Å². The Morgan fingerprint density at radius 1 is 1.12 bits per heavy atom. The summed E-state index contributed by atoms with van der Waals surface area (Å²) in [4.78, 5) is 24.0. The second-order valence-corrected chi connectivity index (χ2v) is 6.45. The Bertz CT molecular complexity index is 957. The van der Waals surface area contributed by atoms with Gasteiger partial charge < -0.3 is 9.15 Å². The molecule has 0 aliphatic carbocycles. The van der Waals surface area contributed by atoms with Gasteiger partial charge in [-0.2, -0.15) is 0 Å². The van der Waals surface area contributed by atoms with Crippen molar-refractivity contribution in [3.63, 3.8) is 0 Å². The first-order chi connectivity index (χ1) is 12.6. The van der Waals surface area contributed by atoms with E-state index in [1.807, 2.05) is 62.4 Å². The number of rotatable bonds is 6. The molecule has 0 amide bonds. The molecule has 0 N–H and O–H groups in total. The molecule has 2 aromatic carbocycles. The quantitative estimate of drug-likeness (QED) is 0.482. The molecule has 0 unspecified atom stereocenters. The molecule has 26 heavy (non-hydrogen) atoms. The lowest BCUT2D eigenvalue weighted by Crippen LogP contribution is -2.10. The molecule has 4 heteroatoms. The van der Waals surface area contributed by atoms with Gasteiger partial charge in [0.2, 0.25) is 0 Å². The van der Waals surface area contributed by atoms with Crippen LogP contribution in [-0.2, 0) is 22.6 Å². The number of esters is 1.